The second-order valence-corrected chi connectivity index (χ2v) is 8.78. The Balaban J connectivity index is 1.47. The largest absolute Gasteiger partial charge is 0.492 e. The Morgan fingerprint density at radius 1 is 1.43 bits per heavy atom. The Morgan fingerprint density at radius 3 is 2.86 bits per heavy atom. The zero-order valence-electron chi connectivity index (χ0n) is 15.1. The van der Waals surface area contributed by atoms with E-state index in [1.54, 1.807) is 0 Å². The first-order valence-electron chi connectivity index (χ1n) is 8.80. The number of ether oxygens (including phenoxy) is 1. The third kappa shape index (κ3) is 3.96. The number of hydrogen-bond acceptors (Lipinski definition) is 9. The molecule has 1 saturated carbocycles. The fourth-order valence-corrected chi connectivity index (χ4v) is 3.99. The van der Waals surface area contributed by atoms with Gasteiger partial charge in [0.1, 0.15) is 0 Å². The van der Waals surface area contributed by atoms with Crippen LogP contribution in [0.5, 0.6) is 5.88 Å². The van der Waals surface area contributed by atoms with E-state index in [1.807, 2.05) is 0 Å². The molecule has 0 radical (unpaired) electrons. The first kappa shape index (κ1) is 19.5. The van der Waals surface area contributed by atoms with Gasteiger partial charge in [0, 0.05) is 6.42 Å². The molecule has 1 aliphatic carbocycles. The summed E-state index contributed by atoms with van der Waals surface area (Å²) in [6.45, 7) is 1.17. The minimum atomic E-state index is -4.22. The van der Waals surface area contributed by atoms with Crippen LogP contribution in [0.25, 0.3) is 11.2 Å². The molecule has 2 aromatic rings. The summed E-state index contributed by atoms with van der Waals surface area (Å²) >= 11 is 0. The van der Waals surface area contributed by atoms with E-state index in [0.717, 1.165) is 12.8 Å². The Morgan fingerprint density at radius 2 is 2.14 bits per heavy atom. The van der Waals surface area contributed by atoms with Crippen molar-refractivity contribution in [3.63, 3.8) is 0 Å². The Labute approximate surface area is 159 Å². The highest BCUT2D eigenvalue weighted by molar-refractivity contribution is 7.47. The maximum absolute atomic E-state index is 15.2. The van der Waals surface area contributed by atoms with Crippen LogP contribution < -0.4 is 5.73 Å². The zero-order chi connectivity index (χ0) is 20.1. The van der Waals surface area contributed by atoms with E-state index < -0.39 is 31.7 Å². The number of imidazole rings is 1. The van der Waals surface area contributed by atoms with Crippen molar-refractivity contribution in [3.05, 3.63) is 6.33 Å². The number of aromatic hydroxyl groups is 1. The van der Waals surface area contributed by atoms with Crippen molar-refractivity contribution in [2.24, 2.45) is 5.92 Å². The number of fused-ring (bicyclic) bond motifs is 1. The molecular formula is C15H21FN5O6P. The molecule has 0 spiro atoms. The van der Waals surface area contributed by atoms with Gasteiger partial charge in [0.05, 0.1) is 25.6 Å². The molecule has 0 amide bonds. The maximum atomic E-state index is 15.2. The molecule has 3 heterocycles. The zero-order valence-corrected chi connectivity index (χ0v) is 16.0. The van der Waals surface area contributed by atoms with Crippen LogP contribution in [0.4, 0.5) is 10.3 Å². The van der Waals surface area contributed by atoms with Crippen molar-refractivity contribution in [1.29, 1.82) is 0 Å². The fraction of sp³-hybridized carbons (Fsp3) is 0.667. The number of halogens is 1. The van der Waals surface area contributed by atoms with Crippen LogP contribution >= 0.6 is 7.82 Å². The second kappa shape index (κ2) is 6.89. The average Bonchev–Trinajstić information content (AvgIpc) is 3.26. The lowest BCUT2D eigenvalue weighted by molar-refractivity contribution is -0.0567. The van der Waals surface area contributed by atoms with E-state index in [4.69, 9.17) is 19.5 Å². The standard InChI is InChI=1S/C15H21FN5O6P/c1-15(16)4-9(6-26-28(23,24)25-5-8-2-3-8)27-13(15)21-7-18-10-11(21)19-14(17)20-12(10)22/h7-9,13H,2-6H2,1H3,(H,23,24)(H3,17,19,20,22)/t9-,13+,15+/m0/s1. The van der Waals surface area contributed by atoms with Gasteiger partial charge in [-0.25, -0.2) is 13.9 Å². The van der Waals surface area contributed by atoms with Gasteiger partial charge in [0.2, 0.25) is 11.8 Å². The van der Waals surface area contributed by atoms with Gasteiger partial charge >= 0.3 is 7.82 Å². The molecule has 2 aromatic heterocycles. The first-order valence-corrected chi connectivity index (χ1v) is 10.3. The molecule has 1 saturated heterocycles. The lowest BCUT2D eigenvalue weighted by atomic mass is 10.0. The summed E-state index contributed by atoms with van der Waals surface area (Å²) in [5, 5.41) is 9.82. The van der Waals surface area contributed by atoms with Crippen molar-refractivity contribution < 1.29 is 32.7 Å². The number of anilines is 1. The van der Waals surface area contributed by atoms with E-state index in [-0.39, 0.29) is 36.7 Å². The van der Waals surface area contributed by atoms with Gasteiger partial charge in [0.15, 0.2) is 23.1 Å². The number of rotatable bonds is 7. The minimum Gasteiger partial charge on any atom is -0.492 e. The lowest BCUT2D eigenvalue weighted by Gasteiger charge is -2.22. The number of aromatic nitrogens is 4. The number of nitrogen functional groups attached to an aromatic ring is 1. The Bertz CT molecular complexity index is 935. The number of hydrogen-bond donors (Lipinski definition) is 3. The molecule has 2 fully saturated rings. The van der Waals surface area contributed by atoms with E-state index in [2.05, 4.69) is 15.0 Å². The third-order valence-electron chi connectivity index (χ3n) is 4.73. The van der Waals surface area contributed by atoms with Crippen molar-refractivity contribution in [3.8, 4) is 5.88 Å². The summed E-state index contributed by atoms with van der Waals surface area (Å²) in [6, 6.07) is 0. The summed E-state index contributed by atoms with van der Waals surface area (Å²) in [4.78, 5) is 21.3. The van der Waals surface area contributed by atoms with Gasteiger partial charge in [0.25, 0.3) is 0 Å². The second-order valence-electron chi connectivity index (χ2n) is 7.33. The van der Waals surface area contributed by atoms with E-state index in [0.29, 0.717) is 5.92 Å². The molecule has 4 rings (SSSR count). The Kier molecular flexibility index (Phi) is 4.79. The number of alkyl halides is 1. The Hall–Kier alpha value is -1.85. The van der Waals surface area contributed by atoms with Crippen LogP contribution in [0.1, 0.15) is 32.4 Å². The van der Waals surface area contributed by atoms with E-state index in [1.165, 1.54) is 17.8 Å². The molecular weight excluding hydrogens is 396 g/mol. The molecule has 0 unspecified atom stereocenters. The normalized spacial score (nSPS) is 30.0. The number of phosphoric ester groups is 1. The van der Waals surface area contributed by atoms with Crippen LogP contribution in [-0.4, -0.2) is 54.5 Å². The molecule has 4 atom stereocenters. The van der Waals surface area contributed by atoms with Gasteiger partial charge in [-0.05, 0) is 25.7 Å². The molecule has 13 heteroatoms. The molecule has 0 aromatic carbocycles. The first-order chi connectivity index (χ1) is 13.1. The summed E-state index contributed by atoms with van der Waals surface area (Å²) in [5.41, 5.74) is 3.86. The van der Waals surface area contributed by atoms with Crippen molar-refractivity contribution >= 4 is 24.9 Å². The fourth-order valence-electron chi connectivity index (χ4n) is 3.16. The molecule has 154 valence electrons. The highest BCUT2D eigenvalue weighted by Gasteiger charge is 2.48. The van der Waals surface area contributed by atoms with E-state index >= 15 is 4.39 Å². The number of nitrogens with two attached hydrogens (primary N) is 1. The predicted molar refractivity (Wildman–Crippen MR) is 93.9 cm³/mol. The van der Waals surface area contributed by atoms with Crippen LogP contribution in [-0.2, 0) is 18.3 Å². The monoisotopic (exact) mass is 417 g/mol. The topological polar surface area (TPSA) is 155 Å². The summed E-state index contributed by atoms with van der Waals surface area (Å²) in [5.74, 6) is -0.321. The van der Waals surface area contributed by atoms with Crippen molar-refractivity contribution in [2.45, 2.75) is 44.2 Å². The lowest BCUT2D eigenvalue weighted by Crippen LogP contribution is -2.27. The highest BCUT2D eigenvalue weighted by atomic mass is 31.2. The van der Waals surface area contributed by atoms with Crippen LogP contribution in [0.15, 0.2) is 6.33 Å². The van der Waals surface area contributed by atoms with Gasteiger partial charge < -0.3 is 20.5 Å². The smallest absolute Gasteiger partial charge is 0.472 e. The van der Waals surface area contributed by atoms with Crippen LogP contribution in [0, 0.1) is 5.92 Å². The number of phosphoric acid groups is 1. The van der Waals surface area contributed by atoms with Gasteiger partial charge in [-0.1, -0.05) is 0 Å². The molecule has 28 heavy (non-hydrogen) atoms. The quantitative estimate of drug-likeness (QED) is 0.567. The minimum absolute atomic E-state index is 0.0571. The summed E-state index contributed by atoms with van der Waals surface area (Å²) < 4.78 is 44.0. The summed E-state index contributed by atoms with van der Waals surface area (Å²) in [7, 11) is -4.22. The third-order valence-corrected chi connectivity index (χ3v) is 5.68. The number of nitrogens with zero attached hydrogens (tertiary/aromatic N) is 4. The van der Waals surface area contributed by atoms with Gasteiger partial charge in [-0.2, -0.15) is 9.97 Å². The van der Waals surface area contributed by atoms with E-state index in [9.17, 15) is 14.6 Å². The molecule has 4 N–H and O–H groups in total. The predicted octanol–water partition coefficient (Wildman–Crippen LogP) is 1.67. The van der Waals surface area contributed by atoms with Crippen LogP contribution in [0.3, 0.4) is 0 Å². The molecule has 1 aliphatic heterocycles. The van der Waals surface area contributed by atoms with Gasteiger partial charge in [-0.15, -0.1) is 0 Å². The van der Waals surface area contributed by atoms with Crippen LogP contribution in [0.2, 0.25) is 0 Å². The maximum Gasteiger partial charge on any atom is 0.472 e. The van der Waals surface area contributed by atoms with Crippen molar-refractivity contribution in [2.75, 3.05) is 18.9 Å². The summed E-state index contributed by atoms with van der Waals surface area (Å²) in [6.07, 6.45) is 1.17. The van der Waals surface area contributed by atoms with Gasteiger partial charge in [-0.3, -0.25) is 13.6 Å². The highest BCUT2D eigenvalue weighted by Crippen LogP contribution is 2.48. The average molecular weight is 417 g/mol. The molecule has 2 aliphatic rings. The molecule has 11 nitrogen and oxygen atoms in total. The molecule has 0 bridgehead atoms. The SMILES string of the molecule is C[C@@]1(F)C[C@@H](CO[P@@](=O)(O)OCC2CC2)O[C@H]1n1cnc2c(O)nc(N)nc21. The van der Waals surface area contributed by atoms with Crippen molar-refractivity contribution in [1.82, 2.24) is 19.5 Å².